The van der Waals surface area contributed by atoms with Crippen LogP contribution in [0.1, 0.15) is 5.56 Å². The predicted molar refractivity (Wildman–Crippen MR) is 75.6 cm³/mol. The van der Waals surface area contributed by atoms with Crippen LogP contribution in [0.4, 0.5) is 5.82 Å². The summed E-state index contributed by atoms with van der Waals surface area (Å²) in [5, 5.41) is 9.32. The molecule has 5 nitrogen and oxygen atoms in total. The fraction of sp³-hybridized carbons (Fsp3) is 0.0833. The second-order valence-electron chi connectivity index (χ2n) is 3.92. The summed E-state index contributed by atoms with van der Waals surface area (Å²) in [6.07, 6.45) is 1.51. The quantitative estimate of drug-likeness (QED) is 0.898. The second-order valence-corrected chi connectivity index (χ2v) is 6.52. The highest BCUT2D eigenvalue weighted by Crippen LogP contribution is 2.22. The lowest BCUT2D eigenvalue weighted by Crippen LogP contribution is -2.14. The molecule has 0 fully saturated rings. The van der Waals surface area contributed by atoms with Gasteiger partial charge in [0.05, 0.1) is 4.90 Å². The van der Waals surface area contributed by atoms with Crippen molar-refractivity contribution in [3.8, 4) is 5.75 Å². The minimum atomic E-state index is -3.76. The van der Waals surface area contributed by atoms with E-state index >= 15 is 0 Å². The monoisotopic (exact) mass is 342 g/mol. The van der Waals surface area contributed by atoms with E-state index in [1.54, 1.807) is 13.0 Å². The first kappa shape index (κ1) is 13.8. The number of hydrogen-bond acceptors (Lipinski definition) is 4. The molecule has 0 bridgehead atoms. The van der Waals surface area contributed by atoms with Crippen molar-refractivity contribution in [3.05, 3.63) is 46.6 Å². The molecule has 0 aliphatic heterocycles. The summed E-state index contributed by atoms with van der Waals surface area (Å²) in [5.41, 5.74) is 0.693. The molecule has 0 unspecified atom stereocenters. The molecule has 0 spiro atoms. The Morgan fingerprint density at radius 1 is 1.32 bits per heavy atom. The largest absolute Gasteiger partial charge is 0.508 e. The average Bonchev–Trinajstić information content (AvgIpc) is 2.33. The van der Waals surface area contributed by atoms with Crippen LogP contribution < -0.4 is 4.72 Å². The highest BCUT2D eigenvalue weighted by atomic mass is 79.9. The molecule has 19 heavy (non-hydrogen) atoms. The van der Waals surface area contributed by atoms with Crippen molar-refractivity contribution in [1.82, 2.24) is 4.98 Å². The van der Waals surface area contributed by atoms with E-state index in [1.807, 2.05) is 0 Å². The molecule has 0 radical (unpaired) electrons. The van der Waals surface area contributed by atoms with Gasteiger partial charge in [0.2, 0.25) is 0 Å². The van der Waals surface area contributed by atoms with Crippen LogP contribution in [-0.4, -0.2) is 18.5 Å². The van der Waals surface area contributed by atoms with Crippen LogP contribution in [0, 0.1) is 6.92 Å². The van der Waals surface area contributed by atoms with Crippen LogP contribution in [0.25, 0.3) is 0 Å². The molecule has 7 heteroatoms. The first-order chi connectivity index (χ1) is 8.88. The average molecular weight is 343 g/mol. The van der Waals surface area contributed by atoms with Crippen LogP contribution in [0.3, 0.4) is 0 Å². The highest BCUT2D eigenvalue weighted by molar-refractivity contribution is 9.10. The molecule has 0 aliphatic carbocycles. The number of hydrogen-bond donors (Lipinski definition) is 2. The van der Waals surface area contributed by atoms with Crippen LogP contribution in [-0.2, 0) is 10.0 Å². The second kappa shape index (κ2) is 5.18. The van der Waals surface area contributed by atoms with Gasteiger partial charge in [-0.05, 0) is 46.6 Å². The van der Waals surface area contributed by atoms with E-state index in [0.717, 1.165) is 4.47 Å². The van der Waals surface area contributed by atoms with Crippen LogP contribution in [0.2, 0.25) is 0 Å². The number of aromatic hydroxyl groups is 1. The lowest BCUT2D eigenvalue weighted by atomic mass is 10.3. The van der Waals surface area contributed by atoms with Crippen molar-refractivity contribution >= 4 is 31.8 Å². The van der Waals surface area contributed by atoms with Crippen molar-refractivity contribution in [2.45, 2.75) is 11.8 Å². The third-order valence-electron chi connectivity index (χ3n) is 2.40. The molecule has 2 N–H and O–H groups in total. The first-order valence-electron chi connectivity index (χ1n) is 5.32. The normalized spacial score (nSPS) is 11.3. The Kier molecular flexibility index (Phi) is 3.77. The molecular weight excluding hydrogens is 332 g/mol. The summed E-state index contributed by atoms with van der Waals surface area (Å²) in [7, 11) is -3.76. The Labute approximate surface area is 119 Å². The molecule has 0 aliphatic rings. The Hall–Kier alpha value is -1.60. The number of nitrogens with zero attached hydrogens (tertiary/aromatic N) is 1. The van der Waals surface area contributed by atoms with E-state index in [9.17, 15) is 13.5 Å². The topological polar surface area (TPSA) is 79.3 Å². The van der Waals surface area contributed by atoms with Gasteiger partial charge >= 0.3 is 0 Å². The fourth-order valence-electron chi connectivity index (χ4n) is 1.48. The maximum atomic E-state index is 12.1. The molecule has 0 saturated heterocycles. The predicted octanol–water partition coefficient (Wildman–Crippen LogP) is 2.66. The number of nitrogens with one attached hydrogen (secondary N) is 1. The van der Waals surface area contributed by atoms with Crippen molar-refractivity contribution in [3.63, 3.8) is 0 Å². The van der Waals surface area contributed by atoms with Gasteiger partial charge in [0.25, 0.3) is 10.0 Å². The fourth-order valence-corrected chi connectivity index (χ4v) is 3.05. The number of sulfonamides is 1. The van der Waals surface area contributed by atoms with Gasteiger partial charge in [-0.15, -0.1) is 0 Å². The minimum absolute atomic E-state index is 0.0170. The molecule has 1 heterocycles. The van der Waals surface area contributed by atoms with Crippen LogP contribution in [0.15, 0.2) is 45.9 Å². The zero-order valence-electron chi connectivity index (χ0n) is 9.96. The molecule has 0 amide bonds. The van der Waals surface area contributed by atoms with E-state index in [4.69, 9.17) is 0 Å². The zero-order valence-corrected chi connectivity index (χ0v) is 12.4. The maximum Gasteiger partial charge on any atom is 0.263 e. The van der Waals surface area contributed by atoms with Gasteiger partial charge in [0.15, 0.2) is 0 Å². The molecule has 2 aromatic rings. The van der Waals surface area contributed by atoms with Crippen LogP contribution >= 0.6 is 15.9 Å². The number of rotatable bonds is 3. The number of halogens is 1. The summed E-state index contributed by atoms with van der Waals surface area (Å²) in [6.45, 7) is 1.75. The maximum absolute atomic E-state index is 12.1. The van der Waals surface area contributed by atoms with Gasteiger partial charge in [-0.25, -0.2) is 13.4 Å². The number of pyridine rings is 1. The molecule has 2 rings (SSSR count). The minimum Gasteiger partial charge on any atom is -0.508 e. The molecular formula is C12H11BrN2O3S. The van der Waals surface area contributed by atoms with Crippen molar-refractivity contribution in [1.29, 1.82) is 0 Å². The van der Waals surface area contributed by atoms with Crippen molar-refractivity contribution < 1.29 is 13.5 Å². The number of phenolic OH excluding ortho intramolecular Hbond substituents is 1. The Bertz CT molecular complexity index is 717. The lowest BCUT2D eigenvalue weighted by Gasteiger charge is -2.09. The third-order valence-corrected chi connectivity index (χ3v) is 4.17. The van der Waals surface area contributed by atoms with Crippen LogP contribution in [0.5, 0.6) is 5.75 Å². The highest BCUT2D eigenvalue weighted by Gasteiger charge is 2.16. The summed E-state index contributed by atoms with van der Waals surface area (Å²) >= 11 is 3.26. The summed E-state index contributed by atoms with van der Waals surface area (Å²) < 4.78 is 27.4. The summed E-state index contributed by atoms with van der Waals surface area (Å²) in [6, 6.07) is 7.20. The SMILES string of the molecule is Cc1cc(Br)cnc1NS(=O)(=O)c1cccc(O)c1. The molecule has 0 saturated carbocycles. The number of aryl methyl sites for hydroxylation is 1. The first-order valence-corrected chi connectivity index (χ1v) is 7.60. The van der Waals surface area contributed by atoms with E-state index in [1.165, 1.54) is 30.5 Å². The van der Waals surface area contributed by atoms with Gasteiger partial charge in [-0.1, -0.05) is 6.07 Å². The van der Waals surface area contributed by atoms with E-state index in [0.29, 0.717) is 5.56 Å². The van der Waals surface area contributed by atoms with Gasteiger partial charge in [-0.2, -0.15) is 0 Å². The molecule has 100 valence electrons. The van der Waals surface area contributed by atoms with E-state index in [2.05, 4.69) is 25.6 Å². The van der Waals surface area contributed by atoms with E-state index in [-0.39, 0.29) is 16.5 Å². The van der Waals surface area contributed by atoms with Crippen molar-refractivity contribution in [2.75, 3.05) is 4.72 Å². The molecule has 1 aromatic carbocycles. The number of benzene rings is 1. The molecule has 0 atom stereocenters. The Morgan fingerprint density at radius 3 is 2.68 bits per heavy atom. The lowest BCUT2D eigenvalue weighted by molar-refractivity contribution is 0.473. The van der Waals surface area contributed by atoms with Gasteiger partial charge in [-0.3, -0.25) is 4.72 Å². The summed E-state index contributed by atoms with van der Waals surface area (Å²) in [5.74, 6) is 0.148. The Balaban J connectivity index is 2.36. The zero-order chi connectivity index (χ0) is 14.0. The number of anilines is 1. The smallest absolute Gasteiger partial charge is 0.263 e. The van der Waals surface area contributed by atoms with Gasteiger partial charge in [0.1, 0.15) is 11.6 Å². The van der Waals surface area contributed by atoms with Gasteiger partial charge < -0.3 is 5.11 Å². The number of aromatic nitrogens is 1. The molecule has 1 aromatic heterocycles. The van der Waals surface area contributed by atoms with Crippen molar-refractivity contribution in [2.24, 2.45) is 0 Å². The van der Waals surface area contributed by atoms with Gasteiger partial charge in [0, 0.05) is 16.7 Å². The standard InChI is InChI=1S/C12H11BrN2O3S/c1-8-5-9(13)7-14-12(8)15-19(17,18)11-4-2-3-10(16)6-11/h2-7,16H,1H3,(H,14,15). The summed E-state index contributed by atoms with van der Waals surface area (Å²) in [4.78, 5) is 3.99. The Morgan fingerprint density at radius 2 is 2.05 bits per heavy atom. The third kappa shape index (κ3) is 3.24. The number of phenols is 1. The van der Waals surface area contributed by atoms with E-state index < -0.39 is 10.0 Å².